The van der Waals surface area contributed by atoms with Gasteiger partial charge in [0, 0.05) is 16.1 Å². The van der Waals surface area contributed by atoms with Gasteiger partial charge >= 0.3 is 0 Å². The zero-order chi connectivity index (χ0) is 20.1. The Balaban J connectivity index is 1.94. The topological polar surface area (TPSA) is 111 Å². The van der Waals surface area contributed by atoms with E-state index >= 15 is 0 Å². The summed E-state index contributed by atoms with van der Waals surface area (Å²) in [5.41, 5.74) is 5.11. The highest BCUT2D eigenvalue weighted by Gasteiger charge is 2.21. The van der Waals surface area contributed by atoms with Crippen LogP contribution in [0.15, 0.2) is 30.3 Å². The van der Waals surface area contributed by atoms with E-state index in [1.54, 1.807) is 12.1 Å². The summed E-state index contributed by atoms with van der Waals surface area (Å²) in [4.78, 5) is 34.2. The van der Waals surface area contributed by atoms with Gasteiger partial charge in [-0.15, -0.1) is 0 Å². The monoisotopic (exact) mass is 411 g/mol. The molecule has 0 bridgehead atoms. The molecule has 0 aliphatic heterocycles. The summed E-state index contributed by atoms with van der Waals surface area (Å²) in [6, 6.07) is 6.93. The Bertz CT molecular complexity index is 894. The number of carbonyl (C=O) groups excluding carboxylic acids is 2. The van der Waals surface area contributed by atoms with E-state index in [4.69, 9.17) is 27.9 Å². The van der Waals surface area contributed by atoms with Crippen LogP contribution in [0.4, 0.5) is 5.69 Å². The molecular weight excluding hydrogens is 397 g/mol. The fourth-order valence-electron chi connectivity index (χ4n) is 2.22. The summed E-state index contributed by atoms with van der Waals surface area (Å²) < 4.78 is 5.35. The van der Waals surface area contributed by atoms with Crippen LogP contribution in [0.25, 0.3) is 0 Å². The van der Waals surface area contributed by atoms with Crippen molar-refractivity contribution in [2.75, 3.05) is 6.61 Å². The second-order valence-corrected chi connectivity index (χ2v) is 6.40. The Labute approximate surface area is 164 Å². The first kappa shape index (κ1) is 20.5. The van der Waals surface area contributed by atoms with Gasteiger partial charge in [0.25, 0.3) is 17.5 Å². The predicted octanol–water partition coefficient (Wildman–Crippen LogP) is 3.36. The highest BCUT2D eigenvalue weighted by atomic mass is 35.5. The number of hydrogen-bond acceptors (Lipinski definition) is 5. The number of carbonyl (C=O) groups is 2. The molecule has 8 nitrogen and oxygen atoms in total. The lowest BCUT2D eigenvalue weighted by atomic mass is 10.1. The van der Waals surface area contributed by atoms with E-state index < -0.39 is 22.4 Å². The molecule has 2 aromatic carbocycles. The minimum atomic E-state index is -0.857. The minimum Gasteiger partial charge on any atom is -0.484 e. The highest BCUT2D eigenvalue weighted by Crippen LogP contribution is 2.26. The van der Waals surface area contributed by atoms with Crippen LogP contribution in [0.2, 0.25) is 10.0 Å². The van der Waals surface area contributed by atoms with Crippen LogP contribution in [-0.2, 0) is 4.79 Å². The minimum absolute atomic E-state index is 0.115. The molecule has 0 saturated carbocycles. The van der Waals surface area contributed by atoms with Crippen molar-refractivity contribution in [1.29, 1.82) is 0 Å². The lowest BCUT2D eigenvalue weighted by molar-refractivity contribution is -0.385. The number of benzene rings is 2. The first-order valence-corrected chi connectivity index (χ1v) is 8.37. The normalized spacial score (nSPS) is 10.2. The molecule has 2 amide bonds. The van der Waals surface area contributed by atoms with Crippen LogP contribution < -0.4 is 15.6 Å². The van der Waals surface area contributed by atoms with E-state index in [0.717, 1.165) is 17.2 Å². The van der Waals surface area contributed by atoms with Crippen molar-refractivity contribution in [1.82, 2.24) is 10.9 Å². The molecule has 0 spiro atoms. The van der Waals surface area contributed by atoms with Crippen molar-refractivity contribution in [3.63, 3.8) is 0 Å². The molecule has 0 atom stereocenters. The molecule has 0 aromatic heterocycles. The van der Waals surface area contributed by atoms with Gasteiger partial charge in [-0.3, -0.25) is 30.6 Å². The lowest BCUT2D eigenvalue weighted by Crippen LogP contribution is -2.44. The first-order valence-electron chi connectivity index (χ1n) is 7.61. The first-order chi connectivity index (χ1) is 12.7. The molecule has 2 rings (SSSR count). The number of hydrazine groups is 1. The van der Waals surface area contributed by atoms with E-state index in [1.807, 2.05) is 13.8 Å². The quantitative estimate of drug-likeness (QED) is 0.578. The number of rotatable bonds is 5. The number of hydrogen-bond donors (Lipinski definition) is 2. The van der Waals surface area contributed by atoms with E-state index in [-0.39, 0.29) is 17.2 Å². The highest BCUT2D eigenvalue weighted by molar-refractivity contribution is 6.32. The maximum Gasteiger partial charge on any atom is 0.283 e. The third-order valence-corrected chi connectivity index (χ3v) is 4.33. The third-order valence-electron chi connectivity index (χ3n) is 3.50. The molecule has 0 fully saturated rings. The number of halogens is 2. The van der Waals surface area contributed by atoms with Gasteiger partial charge in [0.2, 0.25) is 0 Å². The average molecular weight is 412 g/mol. The zero-order valence-electron chi connectivity index (χ0n) is 14.3. The molecular formula is C17H15Cl2N3O5. The summed E-state index contributed by atoms with van der Waals surface area (Å²) in [5.74, 6) is -1.06. The second kappa shape index (κ2) is 8.70. The van der Waals surface area contributed by atoms with Gasteiger partial charge in [-0.25, -0.2) is 0 Å². The summed E-state index contributed by atoms with van der Waals surface area (Å²) in [5, 5.41) is 11.7. The Hall–Kier alpha value is -2.84. The van der Waals surface area contributed by atoms with Crippen molar-refractivity contribution < 1.29 is 19.2 Å². The summed E-state index contributed by atoms with van der Waals surface area (Å²) in [7, 11) is 0. The summed E-state index contributed by atoms with van der Waals surface area (Å²) in [6.07, 6.45) is 0. The van der Waals surface area contributed by atoms with Gasteiger partial charge in [0.15, 0.2) is 6.61 Å². The predicted molar refractivity (Wildman–Crippen MR) is 100 cm³/mol. The molecule has 2 aromatic rings. The Morgan fingerprint density at radius 2 is 1.74 bits per heavy atom. The van der Waals surface area contributed by atoms with Gasteiger partial charge in [-0.1, -0.05) is 23.2 Å². The van der Waals surface area contributed by atoms with Crippen LogP contribution in [0.1, 0.15) is 21.5 Å². The van der Waals surface area contributed by atoms with Crippen molar-refractivity contribution in [3.05, 3.63) is 67.2 Å². The zero-order valence-corrected chi connectivity index (χ0v) is 15.9. The lowest BCUT2D eigenvalue weighted by Gasteiger charge is -2.11. The van der Waals surface area contributed by atoms with Crippen LogP contribution in [-0.4, -0.2) is 23.3 Å². The Morgan fingerprint density at radius 3 is 2.33 bits per heavy atom. The van der Waals surface area contributed by atoms with Crippen molar-refractivity contribution in [2.45, 2.75) is 13.8 Å². The average Bonchev–Trinajstić information content (AvgIpc) is 2.62. The number of amides is 2. The number of nitro benzene ring substituents is 1. The summed E-state index contributed by atoms with van der Waals surface area (Å²) in [6.45, 7) is 3.24. The van der Waals surface area contributed by atoms with E-state index in [0.29, 0.717) is 10.8 Å². The maximum atomic E-state index is 12.1. The third kappa shape index (κ3) is 5.32. The molecule has 0 heterocycles. The van der Waals surface area contributed by atoms with Crippen molar-refractivity contribution in [3.8, 4) is 5.75 Å². The number of nitro groups is 1. The fourth-order valence-corrected chi connectivity index (χ4v) is 2.49. The Kier molecular flexibility index (Phi) is 6.59. The molecule has 0 aliphatic carbocycles. The second-order valence-electron chi connectivity index (χ2n) is 5.58. The summed E-state index contributed by atoms with van der Waals surface area (Å²) >= 11 is 11.8. The van der Waals surface area contributed by atoms with Gasteiger partial charge in [-0.2, -0.15) is 0 Å². The molecule has 0 radical (unpaired) electrons. The van der Waals surface area contributed by atoms with E-state index in [2.05, 4.69) is 10.9 Å². The number of nitrogens with zero attached hydrogens (tertiary/aromatic N) is 1. The van der Waals surface area contributed by atoms with E-state index in [9.17, 15) is 19.7 Å². The van der Waals surface area contributed by atoms with Crippen LogP contribution in [0, 0.1) is 24.0 Å². The molecule has 2 N–H and O–H groups in total. The largest absolute Gasteiger partial charge is 0.484 e. The van der Waals surface area contributed by atoms with Crippen LogP contribution in [0.3, 0.4) is 0 Å². The molecule has 10 heteroatoms. The molecule has 142 valence electrons. The smallest absolute Gasteiger partial charge is 0.283 e. The van der Waals surface area contributed by atoms with Gasteiger partial charge in [-0.05, 0) is 49.2 Å². The number of ether oxygens (including phenoxy) is 1. The molecule has 0 saturated heterocycles. The Morgan fingerprint density at radius 1 is 1.11 bits per heavy atom. The van der Waals surface area contributed by atoms with Gasteiger partial charge in [0.1, 0.15) is 11.3 Å². The van der Waals surface area contributed by atoms with Crippen molar-refractivity contribution >= 4 is 40.7 Å². The van der Waals surface area contributed by atoms with Crippen LogP contribution in [0.5, 0.6) is 5.75 Å². The molecule has 27 heavy (non-hydrogen) atoms. The van der Waals surface area contributed by atoms with E-state index in [1.165, 1.54) is 12.1 Å². The molecule has 0 unspecified atom stereocenters. The fraction of sp³-hybridized carbons (Fsp3) is 0.176. The van der Waals surface area contributed by atoms with Gasteiger partial charge < -0.3 is 4.74 Å². The number of nitrogens with one attached hydrogen (secondary N) is 2. The molecule has 0 aliphatic rings. The SMILES string of the molecule is Cc1cc(OCC(=O)NNC(=O)c2ccc(Cl)cc2[N+](=O)[O-])cc(C)c1Cl. The van der Waals surface area contributed by atoms with Gasteiger partial charge in [0.05, 0.1) is 4.92 Å². The van der Waals surface area contributed by atoms with Crippen molar-refractivity contribution in [2.24, 2.45) is 0 Å². The van der Waals surface area contributed by atoms with Crippen LogP contribution >= 0.6 is 23.2 Å². The standard InChI is InChI=1S/C17H15Cl2N3O5/c1-9-5-12(6-10(2)16(9)19)27-8-15(23)20-21-17(24)13-4-3-11(18)7-14(13)22(25)26/h3-7H,8H2,1-2H3,(H,20,23)(H,21,24). The maximum absolute atomic E-state index is 12.1. The number of aryl methyl sites for hydroxylation is 2.